The first-order valence-corrected chi connectivity index (χ1v) is 23.4. The van der Waals surface area contributed by atoms with Crippen LogP contribution in [-0.2, 0) is 0 Å². The molecule has 4 aromatic heterocycles. The van der Waals surface area contributed by atoms with E-state index < -0.39 is 0 Å². The first kappa shape index (κ1) is 36.3. The standard InChI is InChI=1S/C57H33N3S3/c1-4-10-49-43(7-1)46-31-40(25-28-52(46)61-49)34-13-19-37(20-14-34)55-58-56(38-21-15-35(16-22-38)41-26-29-53-47(32-41)44-8-2-5-11-50(44)62-53)60-57(59-55)39-23-17-36(18-24-39)42-27-30-54-48(33-42)45-9-3-6-12-51(45)63-54/h1-33H. The van der Waals surface area contributed by atoms with Gasteiger partial charge in [0.15, 0.2) is 17.5 Å². The van der Waals surface area contributed by atoms with Crippen molar-refractivity contribution in [2.45, 2.75) is 0 Å². The fraction of sp³-hybridized carbons (Fsp3) is 0. The van der Waals surface area contributed by atoms with Gasteiger partial charge in [-0.25, -0.2) is 15.0 Å². The van der Waals surface area contributed by atoms with E-state index in [0.29, 0.717) is 17.5 Å². The lowest BCUT2D eigenvalue weighted by Gasteiger charge is -2.11. The predicted molar refractivity (Wildman–Crippen MR) is 271 cm³/mol. The smallest absolute Gasteiger partial charge is 0.164 e. The molecule has 63 heavy (non-hydrogen) atoms. The molecule has 294 valence electrons. The molecule has 0 aliphatic carbocycles. The Balaban J connectivity index is 0.874. The molecule has 0 spiro atoms. The predicted octanol–water partition coefficient (Wildman–Crippen LogP) is 17.0. The van der Waals surface area contributed by atoms with E-state index in [9.17, 15) is 0 Å². The van der Waals surface area contributed by atoms with E-state index in [1.165, 1.54) is 77.2 Å². The first-order valence-electron chi connectivity index (χ1n) is 21.0. The Bertz CT molecular complexity index is 3480. The molecule has 9 aromatic carbocycles. The summed E-state index contributed by atoms with van der Waals surface area (Å²) in [5.74, 6) is 1.91. The highest BCUT2D eigenvalue weighted by atomic mass is 32.1. The summed E-state index contributed by atoms with van der Waals surface area (Å²) in [5, 5.41) is 7.79. The fourth-order valence-electron chi connectivity index (χ4n) is 8.92. The highest BCUT2D eigenvalue weighted by molar-refractivity contribution is 7.26. The minimum atomic E-state index is 0.638. The van der Waals surface area contributed by atoms with Crippen molar-refractivity contribution in [1.29, 1.82) is 0 Å². The van der Waals surface area contributed by atoms with Gasteiger partial charge >= 0.3 is 0 Å². The Hall–Kier alpha value is -7.35. The molecule has 0 N–H and O–H groups in total. The molecule has 0 amide bonds. The quantitative estimate of drug-likeness (QED) is 0.167. The lowest BCUT2D eigenvalue weighted by Crippen LogP contribution is -2.00. The molecule has 0 saturated carbocycles. The van der Waals surface area contributed by atoms with Crippen molar-refractivity contribution in [2.75, 3.05) is 0 Å². The van der Waals surface area contributed by atoms with E-state index in [2.05, 4.69) is 200 Å². The van der Waals surface area contributed by atoms with Crippen LogP contribution in [0.5, 0.6) is 0 Å². The van der Waals surface area contributed by atoms with E-state index >= 15 is 0 Å². The molecule has 0 unspecified atom stereocenters. The fourth-order valence-corrected chi connectivity index (χ4v) is 12.2. The highest BCUT2D eigenvalue weighted by Crippen LogP contribution is 2.40. The second-order valence-electron chi connectivity index (χ2n) is 16.0. The molecule has 6 heteroatoms. The van der Waals surface area contributed by atoms with Crippen LogP contribution in [0.1, 0.15) is 0 Å². The summed E-state index contributed by atoms with van der Waals surface area (Å²) in [4.78, 5) is 15.4. The number of rotatable bonds is 6. The molecule has 0 aliphatic rings. The van der Waals surface area contributed by atoms with Crippen molar-refractivity contribution in [3.8, 4) is 67.5 Å². The van der Waals surface area contributed by atoms with Crippen molar-refractivity contribution in [3.05, 3.63) is 200 Å². The lowest BCUT2D eigenvalue weighted by molar-refractivity contribution is 1.07. The van der Waals surface area contributed by atoms with Crippen LogP contribution in [0.4, 0.5) is 0 Å². The third-order valence-electron chi connectivity index (χ3n) is 12.2. The van der Waals surface area contributed by atoms with Crippen LogP contribution in [0.25, 0.3) is 128 Å². The Morgan fingerprint density at radius 2 is 0.444 bits per heavy atom. The molecule has 0 fully saturated rings. The van der Waals surface area contributed by atoms with Crippen LogP contribution in [-0.4, -0.2) is 15.0 Å². The van der Waals surface area contributed by atoms with Crippen LogP contribution in [0.15, 0.2) is 200 Å². The minimum absolute atomic E-state index is 0.638. The number of hydrogen-bond acceptors (Lipinski definition) is 6. The van der Waals surface area contributed by atoms with E-state index in [1.54, 1.807) is 0 Å². The van der Waals surface area contributed by atoms with Gasteiger partial charge in [-0.05, 0) is 88.0 Å². The van der Waals surface area contributed by atoms with Gasteiger partial charge in [0.1, 0.15) is 0 Å². The average molecular weight is 856 g/mol. The van der Waals surface area contributed by atoms with E-state index in [4.69, 9.17) is 15.0 Å². The third-order valence-corrected chi connectivity index (χ3v) is 15.7. The Labute approximate surface area is 374 Å². The van der Waals surface area contributed by atoms with Crippen LogP contribution >= 0.6 is 34.0 Å². The van der Waals surface area contributed by atoms with E-state index in [0.717, 1.165) is 33.4 Å². The zero-order chi connectivity index (χ0) is 41.4. The van der Waals surface area contributed by atoms with Gasteiger partial charge in [0.05, 0.1) is 0 Å². The number of hydrogen-bond donors (Lipinski definition) is 0. The summed E-state index contributed by atoms with van der Waals surface area (Å²) < 4.78 is 7.85. The topological polar surface area (TPSA) is 38.7 Å². The zero-order valence-electron chi connectivity index (χ0n) is 33.6. The maximum Gasteiger partial charge on any atom is 0.164 e. The zero-order valence-corrected chi connectivity index (χ0v) is 36.1. The summed E-state index contributed by atoms with van der Waals surface area (Å²) in [6.45, 7) is 0. The number of nitrogens with zero attached hydrogens (tertiary/aromatic N) is 3. The lowest BCUT2D eigenvalue weighted by atomic mass is 10.0. The van der Waals surface area contributed by atoms with Gasteiger partial charge in [0.25, 0.3) is 0 Å². The van der Waals surface area contributed by atoms with Gasteiger partial charge in [-0.1, -0.05) is 146 Å². The Morgan fingerprint density at radius 1 is 0.206 bits per heavy atom. The van der Waals surface area contributed by atoms with Crippen LogP contribution in [0.3, 0.4) is 0 Å². The summed E-state index contributed by atoms with van der Waals surface area (Å²) in [7, 11) is 0. The summed E-state index contributed by atoms with van der Waals surface area (Å²) in [6, 6.07) is 72.2. The van der Waals surface area contributed by atoms with Crippen LogP contribution < -0.4 is 0 Å². The summed E-state index contributed by atoms with van der Waals surface area (Å²) in [6.07, 6.45) is 0. The second-order valence-corrected chi connectivity index (χ2v) is 19.2. The summed E-state index contributed by atoms with van der Waals surface area (Å²) >= 11 is 5.53. The van der Waals surface area contributed by atoms with Gasteiger partial charge in [-0.15, -0.1) is 34.0 Å². The van der Waals surface area contributed by atoms with Gasteiger partial charge in [-0.2, -0.15) is 0 Å². The van der Waals surface area contributed by atoms with Crippen LogP contribution in [0, 0.1) is 0 Å². The molecule has 4 heterocycles. The minimum Gasteiger partial charge on any atom is -0.208 e. The number of benzene rings is 9. The third kappa shape index (κ3) is 6.33. The molecule has 13 rings (SSSR count). The monoisotopic (exact) mass is 855 g/mol. The van der Waals surface area contributed by atoms with Crippen molar-refractivity contribution in [2.24, 2.45) is 0 Å². The van der Waals surface area contributed by atoms with Crippen LogP contribution in [0.2, 0.25) is 0 Å². The molecular formula is C57H33N3S3. The van der Waals surface area contributed by atoms with Gasteiger partial charge in [-0.3, -0.25) is 0 Å². The highest BCUT2D eigenvalue weighted by Gasteiger charge is 2.15. The number of aromatic nitrogens is 3. The number of fused-ring (bicyclic) bond motifs is 9. The Kier molecular flexibility index (Phi) is 8.44. The summed E-state index contributed by atoms with van der Waals surface area (Å²) in [5.41, 5.74) is 9.83. The first-order chi connectivity index (χ1) is 31.1. The normalized spacial score (nSPS) is 11.8. The number of thiophene rings is 3. The molecule has 3 nitrogen and oxygen atoms in total. The van der Waals surface area contributed by atoms with Crippen molar-refractivity contribution < 1.29 is 0 Å². The largest absolute Gasteiger partial charge is 0.208 e. The molecule has 13 aromatic rings. The molecule has 0 atom stereocenters. The van der Waals surface area contributed by atoms with E-state index in [-0.39, 0.29) is 0 Å². The van der Waals surface area contributed by atoms with E-state index in [1.807, 2.05) is 34.0 Å². The van der Waals surface area contributed by atoms with Crippen molar-refractivity contribution >= 4 is 94.5 Å². The molecule has 0 bridgehead atoms. The second kappa shape index (κ2) is 14.6. The maximum atomic E-state index is 5.14. The molecular weight excluding hydrogens is 823 g/mol. The van der Waals surface area contributed by atoms with Crippen molar-refractivity contribution in [1.82, 2.24) is 15.0 Å². The SMILES string of the molecule is c1ccc2c(c1)sc1ccc(-c3ccc(-c4nc(-c5ccc(-c6ccc7sc8ccccc8c7c6)cc5)nc(-c5ccc(-c6ccc7sc8ccccc8c7c6)cc5)n4)cc3)cc12. The molecule has 0 radical (unpaired) electrons. The average Bonchev–Trinajstić information content (AvgIpc) is 4.04. The van der Waals surface area contributed by atoms with Gasteiger partial charge in [0, 0.05) is 77.2 Å². The van der Waals surface area contributed by atoms with Gasteiger partial charge in [0.2, 0.25) is 0 Å². The van der Waals surface area contributed by atoms with Crippen molar-refractivity contribution in [3.63, 3.8) is 0 Å². The molecule has 0 saturated heterocycles. The Morgan fingerprint density at radius 3 is 0.746 bits per heavy atom. The molecule has 0 aliphatic heterocycles. The maximum absolute atomic E-state index is 5.14. The van der Waals surface area contributed by atoms with Gasteiger partial charge < -0.3 is 0 Å².